The minimum atomic E-state index is -0.487. The summed E-state index contributed by atoms with van der Waals surface area (Å²) < 4.78 is 10.3. The third-order valence-electron chi connectivity index (χ3n) is 4.65. The molecule has 0 saturated carbocycles. The fraction of sp³-hybridized carbons (Fsp3) is 0.300. The van der Waals surface area contributed by atoms with E-state index < -0.39 is 17.6 Å². The molecule has 0 saturated heterocycles. The van der Waals surface area contributed by atoms with Crippen LogP contribution in [0.2, 0.25) is 0 Å². The molecule has 0 spiro atoms. The van der Waals surface area contributed by atoms with Crippen molar-refractivity contribution in [1.82, 2.24) is 0 Å². The maximum atomic E-state index is 12.6. The average molecular weight is 354 g/mol. The first kappa shape index (κ1) is 17.8. The van der Waals surface area contributed by atoms with Gasteiger partial charge in [0, 0.05) is 0 Å². The highest BCUT2D eigenvalue weighted by molar-refractivity contribution is 6.07. The molecule has 2 aromatic rings. The zero-order valence-corrected chi connectivity index (χ0v) is 15.3. The first-order valence-electron chi connectivity index (χ1n) is 8.31. The Morgan fingerprint density at radius 1 is 1.19 bits per heavy atom. The molecule has 136 valence electrons. The van der Waals surface area contributed by atoms with E-state index in [0.717, 1.165) is 17.5 Å². The predicted octanol–water partition coefficient (Wildman–Crippen LogP) is 3.33. The molecule has 0 fully saturated rings. The van der Waals surface area contributed by atoms with Crippen molar-refractivity contribution in [3.8, 4) is 16.9 Å². The number of hydrogen-bond acceptors (Lipinski definition) is 6. The molecule has 2 N–H and O–H groups in total. The molecule has 1 unspecified atom stereocenters. The van der Waals surface area contributed by atoms with Crippen molar-refractivity contribution in [2.24, 2.45) is 0 Å². The zero-order chi connectivity index (χ0) is 18.9. The van der Waals surface area contributed by atoms with Crippen LogP contribution in [0.5, 0.6) is 5.75 Å². The van der Waals surface area contributed by atoms with Gasteiger partial charge in [-0.25, -0.2) is 4.79 Å². The number of anilines is 2. The minimum Gasteiger partial charge on any atom is -0.497 e. The van der Waals surface area contributed by atoms with Crippen LogP contribution >= 0.6 is 0 Å². The van der Waals surface area contributed by atoms with Crippen molar-refractivity contribution in [2.45, 2.75) is 25.4 Å². The first-order valence-corrected chi connectivity index (χ1v) is 8.31. The number of carbonyl (C=O) groups is 2. The van der Waals surface area contributed by atoms with Gasteiger partial charge in [-0.05, 0) is 43.2 Å². The Morgan fingerprint density at radius 3 is 2.62 bits per heavy atom. The van der Waals surface area contributed by atoms with E-state index in [1.165, 1.54) is 7.11 Å². The summed E-state index contributed by atoms with van der Waals surface area (Å²) in [4.78, 5) is 24.1. The number of benzene rings is 2. The maximum absolute atomic E-state index is 12.6. The van der Waals surface area contributed by atoms with Gasteiger partial charge < -0.3 is 24.9 Å². The molecule has 0 bridgehead atoms. The van der Waals surface area contributed by atoms with Gasteiger partial charge >= 0.3 is 5.97 Å². The van der Waals surface area contributed by atoms with E-state index in [-0.39, 0.29) is 0 Å². The summed E-state index contributed by atoms with van der Waals surface area (Å²) in [6.45, 7) is 3.85. The van der Waals surface area contributed by atoms with Gasteiger partial charge in [-0.1, -0.05) is 18.2 Å². The summed E-state index contributed by atoms with van der Waals surface area (Å²) in [6, 6.07) is 10.7. The van der Waals surface area contributed by atoms with Gasteiger partial charge in [-0.3, -0.25) is 0 Å². The highest BCUT2D eigenvalue weighted by Crippen LogP contribution is 2.41. The molecule has 0 radical (unpaired) electrons. The van der Waals surface area contributed by atoms with E-state index in [1.807, 2.05) is 50.2 Å². The number of esters is 1. The fourth-order valence-corrected chi connectivity index (χ4v) is 3.17. The molecular formula is C20H22N2O4. The van der Waals surface area contributed by atoms with E-state index >= 15 is 0 Å². The van der Waals surface area contributed by atoms with Crippen molar-refractivity contribution in [2.75, 3.05) is 24.9 Å². The average Bonchev–Trinajstić information content (AvgIpc) is 2.65. The number of methoxy groups -OCH3 is 2. The lowest BCUT2D eigenvalue weighted by Gasteiger charge is -2.40. The lowest BCUT2D eigenvalue weighted by Crippen LogP contribution is -2.52. The minimum absolute atomic E-state index is 0.383. The summed E-state index contributed by atoms with van der Waals surface area (Å²) in [7, 11) is 2.93. The number of hydrogen-bond donors (Lipinski definition) is 2. The Balaban J connectivity index is 2.22. The summed E-state index contributed by atoms with van der Waals surface area (Å²) in [5.74, 6) is 0.215. The monoisotopic (exact) mass is 354 g/mol. The summed E-state index contributed by atoms with van der Waals surface area (Å²) in [5, 5.41) is 6.53. The van der Waals surface area contributed by atoms with Gasteiger partial charge in [-0.2, -0.15) is 0 Å². The van der Waals surface area contributed by atoms with Crippen molar-refractivity contribution in [1.29, 1.82) is 0 Å². The smallest absolute Gasteiger partial charge is 0.340 e. The predicted molar refractivity (Wildman–Crippen MR) is 101 cm³/mol. The van der Waals surface area contributed by atoms with Crippen LogP contribution in [0.3, 0.4) is 0 Å². The van der Waals surface area contributed by atoms with E-state index in [1.54, 1.807) is 7.11 Å². The van der Waals surface area contributed by atoms with Gasteiger partial charge in [0.25, 0.3) is 0 Å². The number of nitrogens with one attached hydrogen (secondary N) is 2. The second kappa shape index (κ2) is 6.71. The summed E-state index contributed by atoms with van der Waals surface area (Å²) in [6.07, 6.45) is 0.842. The normalized spacial score (nSPS) is 17.3. The summed E-state index contributed by atoms with van der Waals surface area (Å²) in [5.41, 5.74) is 2.73. The van der Waals surface area contributed by atoms with E-state index in [4.69, 9.17) is 9.47 Å². The molecule has 2 aromatic carbocycles. The Bertz CT molecular complexity index is 861. The first-order chi connectivity index (χ1) is 12.4. The number of fused-ring (bicyclic) bond motifs is 1. The van der Waals surface area contributed by atoms with Crippen LogP contribution in [-0.2, 0) is 9.53 Å². The van der Waals surface area contributed by atoms with Gasteiger partial charge in [-0.15, -0.1) is 0 Å². The Kier molecular flexibility index (Phi) is 4.59. The molecule has 0 aromatic heterocycles. The van der Waals surface area contributed by atoms with Crippen molar-refractivity contribution >= 4 is 23.6 Å². The molecule has 1 heterocycles. The number of carbonyl (C=O) groups excluding carboxylic acids is 2. The van der Waals surface area contributed by atoms with Gasteiger partial charge in [0.15, 0.2) is 0 Å². The van der Waals surface area contributed by atoms with E-state index in [9.17, 15) is 9.59 Å². The SMILES string of the molecule is COC(=O)c1c(-c2cccc(OC)c2)ccc2c1NC(C=O)C(C)(C)N2. The highest BCUT2D eigenvalue weighted by atomic mass is 16.5. The quantitative estimate of drug-likeness (QED) is 0.648. The molecule has 3 rings (SSSR count). The maximum Gasteiger partial charge on any atom is 0.340 e. The van der Waals surface area contributed by atoms with Crippen LogP contribution in [0.4, 0.5) is 11.4 Å². The fourth-order valence-electron chi connectivity index (χ4n) is 3.17. The van der Waals surface area contributed by atoms with Crippen LogP contribution in [0, 0.1) is 0 Å². The largest absolute Gasteiger partial charge is 0.497 e. The van der Waals surface area contributed by atoms with Crippen LogP contribution in [-0.4, -0.2) is 38.1 Å². The van der Waals surface area contributed by atoms with E-state index in [0.29, 0.717) is 22.6 Å². The molecule has 6 heteroatoms. The number of ether oxygens (including phenoxy) is 2. The van der Waals surface area contributed by atoms with E-state index in [2.05, 4.69) is 10.6 Å². The molecule has 1 aliphatic heterocycles. The second-order valence-corrected chi connectivity index (χ2v) is 6.74. The van der Waals surface area contributed by atoms with Crippen LogP contribution in [0.1, 0.15) is 24.2 Å². The lowest BCUT2D eigenvalue weighted by atomic mass is 9.89. The molecule has 1 aliphatic rings. The standard InChI is InChI=1S/C20H22N2O4/c1-20(2)16(11-23)21-18-15(22-20)9-8-14(17(18)19(24)26-4)12-6-5-7-13(10-12)25-3/h5-11,16,21-22H,1-4H3. The van der Waals surface area contributed by atoms with Crippen LogP contribution < -0.4 is 15.4 Å². The molecule has 0 amide bonds. The van der Waals surface area contributed by atoms with Gasteiger partial charge in [0.05, 0.1) is 36.7 Å². The second-order valence-electron chi connectivity index (χ2n) is 6.74. The third-order valence-corrected chi connectivity index (χ3v) is 4.65. The highest BCUT2D eigenvalue weighted by Gasteiger charge is 2.37. The molecule has 1 atom stereocenters. The topological polar surface area (TPSA) is 76.7 Å². The van der Waals surface area contributed by atoms with Gasteiger partial charge in [0.1, 0.15) is 18.1 Å². The Labute approximate surface area is 152 Å². The van der Waals surface area contributed by atoms with Gasteiger partial charge in [0.2, 0.25) is 0 Å². The molecule has 0 aliphatic carbocycles. The third kappa shape index (κ3) is 2.98. The Morgan fingerprint density at radius 2 is 1.96 bits per heavy atom. The zero-order valence-electron chi connectivity index (χ0n) is 15.3. The number of rotatable bonds is 4. The van der Waals surface area contributed by atoms with Crippen molar-refractivity contribution in [3.63, 3.8) is 0 Å². The lowest BCUT2D eigenvalue weighted by molar-refractivity contribution is -0.109. The van der Waals surface area contributed by atoms with Crippen LogP contribution in [0.25, 0.3) is 11.1 Å². The molecule has 6 nitrogen and oxygen atoms in total. The van der Waals surface area contributed by atoms with Crippen LogP contribution in [0.15, 0.2) is 36.4 Å². The Hall–Kier alpha value is -3.02. The molecule has 26 heavy (non-hydrogen) atoms. The summed E-state index contributed by atoms with van der Waals surface area (Å²) >= 11 is 0. The molecular weight excluding hydrogens is 332 g/mol. The van der Waals surface area contributed by atoms with Crippen molar-refractivity contribution in [3.05, 3.63) is 42.0 Å². The van der Waals surface area contributed by atoms with Crippen molar-refractivity contribution < 1.29 is 19.1 Å². The number of aldehydes is 1.